The highest BCUT2D eigenvalue weighted by Gasteiger charge is 2.27. The number of hydrogen-bond donors (Lipinski definition) is 4. The number of benzene rings is 1. The molecule has 1 amide bonds. The van der Waals surface area contributed by atoms with E-state index in [9.17, 15) is 4.79 Å². The summed E-state index contributed by atoms with van der Waals surface area (Å²) in [5, 5.41) is 11.7. The van der Waals surface area contributed by atoms with Crippen LogP contribution in [0.3, 0.4) is 0 Å². The summed E-state index contributed by atoms with van der Waals surface area (Å²) < 4.78 is 0. The minimum atomic E-state index is 0.0930. The van der Waals surface area contributed by atoms with Crippen LogP contribution in [0.15, 0.2) is 36.7 Å². The number of piperidine rings is 1. The minimum Gasteiger partial charge on any atom is -0.360 e. The summed E-state index contributed by atoms with van der Waals surface area (Å²) in [6.07, 6.45) is 9.63. The van der Waals surface area contributed by atoms with Crippen molar-refractivity contribution in [1.29, 1.82) is 0 Å². The van der Waals surface area contributed by atoms with Crippen molar-refractivity contribution in [1.82, 2.24) is 25.6 Å². The van der Waals surface area contributed by atoms with Crippen molar-refractivity contribution >= 4 is 34.4 Å². The number of fused-ring (bicyclic) bond motifs is 1. The van der Waals surface area contributed by atoms with Crippen LogP contribution in [-0.4, -0.2) is 46.0 Å². The zero-order valence-electron chi connectivity index (χ0n) is 18.0. The van der Waals surface area contributed by atoms with E-state index in [1.165, 1.54) is 0 Å². The summed E-state index contributed by atoms with van der Waals surface area (Å²) in [6, 6.07) is 8.51. The summed E-state index contributed by atoms with van der Waals surface area (Å²) in [6.45, 7) is 1.80. The lowest BCUT2D eigenvalue weighted by molar-refractivity contribution is -0.126. The van der Waals surface area contributed by atoms with Crippen molar-refractivity contribution in [2.24, 2.45) is 5.92 Å². The number of aromatic nitrogens is 3. The van der Waals surface area contributed by atoms with E-state index in [4.69, 9.17) is 16.6 Å². The molecule has 1 aromatic carbocycles. The number of H-pyrrole nitrogens is 1. The molecular weight excluding hydrogens is 424 g/mol. The van der Waals surface area contributed by atoms with E-state index in [2.05, 4.69) is 32.0 Å². The van der Waals surface area contributed by atoms with E-state index in [0.717, 1.165) is 68.1 Å². The van der Waals surface area contributed by atoms with E-state index < -0.39 is 0 Å². The summed E-state index contributed by atoms with van der Waals surface area (Å²) in [5.41, 5.74) is 2.73. The number of anilines is 1. The Bertz CT molecular complexity index is 1090. The quantitative estimate of drug-likeness (QED) is 0.467. The first-order valence-corrected chi connectivity index (χ1v) is 11.9. The second-order valence-electron chi connectivity index (χ2n) is 8.89. The third kappa shape index (κ3) is 4.59. The van der Waals surface area contributed by atoms with Gasteiger partial charge in [0.1, 0.15) is 0 Å². The van der Waals surface area contributed by atoms with Crippen LogP contribution in [0.5, 0.6) is 0 Å². The Morgan fingerprint density at radius 3 is 2.88 bits per heavy atom. The summed E-state index contributed by atoms with van der Waals surface area (Å²) in [5.74, 6) is 0.853. The molecule has 5 rings (SSSR count). The van der Waals surface area contributed by atoms with Gasteiger partial charge in [0.15, 0.2) is 0 Å². The van der Waals surface area contributed by atoms with Crippen molar-refractivity contribution in [2.75, 3.05) is 18.4 Å². The molecule has 0 bridgehead atoms. The summed E-state index contributed by atoms with van der Waals surface area (Å²) in [7, 11) is 0. The molecular formula is C24H29ClN6O. The molecule has 1 saturated carbocycles. The second kappa shape index (κ2) is 9.46. The average Bonchev–Trinajstić information content (AvgIpc) is 3.25. The molecule has 0 radical (unpaired) electrons. The monoisotopic (exact) mass is 452 g/mol. The molecule has 3 heterocycles. The Kier molecular flexibility index (Phi) is 6.28. The Labute approximate surface area is 192 Å². The molecule has 1 aliphatic heterocycles. The van der Waals surface area contributed by atoms with E-state index in [1.807, 2.05) is 24.4 Å². The third-order valence-corrected chi connectivity index (χ3v) is 6.89. The zero-order valence-corrected chi connectivity index (χ0v) is 18.8. The predicted molar refractivity (Wildman–Crippen MR) is 128 cm³/mol. The standard InChI is InChI=1S/C24H29ClN6O/c25-20-14-28-24(31-22(20)19-13-27-21-9-2-1-8-18(19)21)30-17-7-3-6-16(11-17)29-23(32)15-5-4-10-26-12-15/h1-2,8-9,13-17,26-27H,3-7,10-12H2,(H,29,32)(H,28,30,31)/t15-,16?,17?/m1/s1. The van der Waals surface area contributed by atoms with E-state index in [-0.39, 0.29) is 23.9 Å². The van der Waals surface area contributed by atoms with Crippen LogP contribution in [0.1, 0.15) is 38.5 Å². The second-order valence-corrected chi connectivity index (χ2v) is 9.30. The van der Waals surface area contributed by atoms with Crippen molar-refractivity contribution in [2.45, 2.75) is 50.6 Å². The van der Waals surface area contributed by atoms with Gasteiger partial charge in [0.05, 0.1) is 22.8 Å². The van der Waals surface area contributed by atoms with Gasteiger partial charge in [0.2, 0.25) is 11.9 Å². The Balaban J connectivity index is 1.27. The van der Waals surface area contributed by atoms with E-state index in [0.29, 0.717) is 16.7 Å². The number of rotatable bonds is 5. The highest BCUT2D eigenvalue weighted by molar-refractivity contribution is 6.33. The smallest absolute Gasteiger partial charge is 0.224 e. The SMILES string of the molecule is O=C(NC1CCCC(Nc2ncc(Cl)c(-c3c[nH]c4ccccc34)n2)C1)[C@@H]1CCCNC1. The fourth-order valence-corrected chi connectivity index (χ4v) is 5.12. The molecule has 2 fully saturated rings. The largest absolute Gasteiger partial charge is 0.360 e. The maximum Gasteiger partial charge on any atom is 0.224 e. The van der Waals surface area contributed by atoms with Crippen molar-refractivity contribution in [3.8, 4) is 11.3 Å². The van der Waals surface area contributed by atoms with Crippen LogP contribution in [0.25, 0.3) is 22.2 Å². The highest BCUT2D eigenvalue weighted by Crippen LogP contribution is 2.32. The van der Waals surface area contributed by atoms with Crippen LogP contribution in [0.2, 0.25) is 5.02 Å². The molecule has 32 heavy (non-hydrogen) atoms. The number of carbonyl (C=O) groups is 1. The van der Waals surface area contributed by atoms with Gasteiger partial charge in [-0.25, -0.2) is 9.97 Å². The number of halogens is 1. The molecule has 2 unspecified atom stereocenters. The van der Waals surface area contributed by atoms with Gasteiger partial charge < -0.3 is 20.9 Å². The predicted octanol–water partition coefficient (Wildman–Crippen LogP) is 4.12. The van der Waals surface area contributed by atoms with Gasteiger partial charge >= 0.3 is 0 Å². The van der Waals surface area contributed by atoms with E-state index >= 15 is 0 Å². The van der Waals surface area contributed by atoms with Crippen LogP contribution in [-0.2, 0) is 4.79 Å². The van der Waals surface area contributed by atoms with E-state index in [1.54, 1.807) is 6.20 Å². The summed E-state index contributed by atoms with van der Waals surface area (Å²) >= 11 is 6.47. The van der Waals surface area contributed by atoms with Gasteiger partial charge in [-0.1, -0.05) is 29.8 Å². The lowest BCUT2D eigenvalue weighted by Gasteiger charge is -2.32. The van der Waals surface area contributed by atoms with Gasteiger partial charge in [0, 0.05) is 41.3 Å². The summed E-state index contributed by atoms with van der Waals surface area (Å²) in [4.78, 5) is 25.1. The number of nitrogens with zero attached hydrogens (tertiary/aromatic N) is 2. The lowest BCUT2D eigenvalue weighted by Crippen LogP contribution is -2.47. The molecule has 8 heteroatoms. The first-order chi connectivity index (χ1) is 15.7. The molecule has 168 valence electrons. The van der Waals surface area contributed by atoms with Gasteiger partial charge in [-0.05, 0) is 51.1 Å². The molecule has 3 atom stereocenters. The van der Waals surface area contributed by atoms with Crippen LogP contribution >= 0.6 is 11.6 Å². The normalized spacial score (nSPS) is 23.7. The van der Waals surface area contributed by atoms with Gasteiger partial charge in [-0.2, -0.15) is 0 Å². The van der Waals surface area contributed by atoms with Gasteiger partial charge in [-0.15, -0.1) is 0 Å². The number of carbonyl (C=O) groups excluding carboxylic acids is 1. The first kappa shape index (κ1) is 21.2. The Morgan fingerprint density at radius 2 is 2.00 bits per heavy atom. The molecule has 7 nitrogen and oxygen atoms in total. The first-order valence-electron chi connectivity index (χ1n) is 11.5. The Morgan fingerprint density at radius 1 is 1.12 bits per heavy atom. The number of aromatic amines is 1. The maximum atomic E-state index is 12.6. The molecule has 2 aromatic heterocycles. The minimum absolute atomic E-state index is 0.0930. The van der Waals surface area contributed by atoms with Gasteiger partial charge in [0.25, 0.3) is 0 Å². The number of amides is 1. The Hall–Kier alpha value is -2.64. The fraction of sp³-hybridized carbons (Fsp3) is 0.458. The average molecular weight is 453 g/mol. The lowest BCUT2D eigenvalue weighted by atomic mass is 9.90. The zero-order chi connectivity index (χ0) is 21.9. The van der Waals surface area contributed by atoms with Crippen LogP contribution < -0.4 is 16.0 Å². The number of nitrogens with one attached hydrogen (secondary N) is 4. The molecule has 1 saturated heterocycles. The van der Waals surface area contributed by atoms with Crippen LogP contribution in [0, 0.1) is 5.92 Å². The maximum absolute atomic E-state index is 12.6. The van der Waals surface area contributed by atoms with Gasteiger partial charge in [-0.3, -0.25) is 4.79 Å². The molecule has 4 N–H and O–H groups in total. The fourth-order valence-electron chi connectivity index (χ4n) is 4.92. The van der Waals surface area contributed by atoms with Crippen molar-refractivity contribution < 1.29 is 4.79 Å². The molecule has 1 aliphatic carbocycles. The van der Waals surface area contributed by atoms with Crippen molar-refractivity contribution in [3.63, 3.8) is 0 Å². The van der Waals surface area contributed by atoms with Crippen molar-refractivity contribution in [3.05, 3.63) is 41.7 Å². The number of hydrogen-bond acceptors (Lipinski definition) is 5. The molecule has 2 aliphatic rings. The molecule has 0 spiro atoms. The third-order valence-electron chi connectivity index (χ3n) is 6.61. The molecule has 3 aromatic rings. The van der Waals surface area contributed by atoms with Crippen LogP contribution in [0.4, 0.5) is 5.95 Å². The highest BCUT2D eigenvalue weighted by atomic mass is 35.5. The topological polar surface area (TPSA) is 94.7 Å². The number of para-hydroxylation sites is 1.